The molecule has 4 heteroatoms. The highest BCUT2D eigenvalue weighted by Gasteiger charge is 1.94. The van der Waals surface area contributed by atoms with Crippen LogP contribution in [-0.4, -0.2) is 24.5 Å². The number of hydrogen-bond acceptors (Lipinski definition) is 2. The fourth-order valence-corrected chi connectivity index (χ4v) is 1.39. The van der Waals surface area contributed by atoms with Gasteiger partial charge in [0.2, 0.25) is 5.91 Å². The Morgan fingerprint density at radius 3 is 2.39 bits per heavy atom. The van der Waals surface area contributed by atoms with E-state index in [-0.39, 0.29) is 12.5 Å². The molecule has 4 nitrogen and oxygen atoms in total. The molecule has 0 fully saturated rings. The summed E-state index contributed by atoms with van der Waals surface area (Å²) in [5, 5.41) is 3.91. The van der Waals surface area contributed by atoms with Crippen molar-refractivity contribution in [3.63, 3.8) is 0 Å². The van der Waals surface area contributed by atoms with Gasteiger partial charge in [0.15, 0.2) is 0 Å². The molecule has 1 heterocycles. The molecule has 0 aliphatic rings. The van der Waals surface area contributed by atoms with Crippen molar-refractivity contribution in [3.05, 3.63) is 36.0 Å². The van der Waals surface area contributed by atoms with Crippen LogP contribution in [0.25, 0.3) is 10.9 Å². The number of aromatic nitrogens is 1. The Morgan fingerprint density at radius 2 is 1.94 bits per heavy atom. The van der Waals surface area contributed by atoms with E-state index >= 15 is 0 Å². The van der Waals surface area contributed by atoms with Gasteiger partial charge in [0.05, 0.1) is 6.54 Å². The number of para-hydroxylation sites is 1. The second-order valence-electron chi connectivity index (χ2n) is 3.51. The van der Waals surface area contributed by atoms with Gasteiger partial charge in [0, 0.05) is 17.1 Å². The normalized spacial score (nSPS) is 8.89. The molecule has 0 atom stereocenters. The summed E-state index contributed by atoms with van der Waals surface area (Å²) >= 11 is 0. The molecule has 0 spiro atoms. The lowest BCUT2D eigenvalue weighted by Gasteiger charge is -1.86. The van der Waals surface area contributed by atoms with Gasteiger partial charge < -0.3 is 16.0 Å². The monoisotopic (exact) mass is 249 g/mol. The van der Waals surface area contributed by atoms with Gasteiger partial charge >= 0.3 is 0 Å². The van der Waals surface area contributed by atoms with Crippen molar-refractivity contribution in [2.24, 2.45) is 5.73 Å². The molecular formula is C14H23N3O. The number of hydrogen-bond donors (Lipinski definition) is 3. The van der Waals surface area contributed by atoms with E-state index in [0.29, 0.717) is 0 Å². The molecule has 0 bridgehead atoms. The summed E-state index contributed by atoms with van der Waals surface area (Å²) in [6.45, 7) is 6.37. The van der Waals surface area contributed by atoms with Crippen LogP contribution in [0.5, 0.6) is 0 Å². The summed E-state index contributed by atoms with van der Waals surface area (Å²) in [6, 6.07) is 8.31. The molecule has 1 aromatic carbocycles. The van der Waals surface area contributed by atoms with Gasteiger partial charge in [-0.1, -0.05) is 32.0 Å². The van der Waals surface area contributed by atoms with E-state index in [4.69, 9.17) is 5.73 Å². The number of carbonyl (C=O) groups excluding carboxylic acids is 1. The van der Waals surface area contributed by atoms with Crippen molar-refractivity contribution < 1.29 is 4.79 Å². The highest BCUT2D eigenvalue weighted by molar-refractivity contribution is 5.82. The number of benzene rings is 1. The Balaban J connectivity index is 0.000000315. The molecule has 4 N–H and O–H groups in total. The highest BCUT2D eigenvalue weighted by atomic mass is 16.1. The third-order valence-electron chi connectivity index (χ3n) is 2.15. The topological polar surface area (TPSA) is 70.9 Å². The van der Waals surface area contributed by atoms with Gasteiger partial charge in [-0.3, -0.25) is 4.79 Å². The minimum Gasteiger partial charge on any atom is -0.369 e. The summed E-state index contributed by atoms with van der Waals surface area (Å²) in [6.07, 6.45) is 2.03. The van der Waals surface area contributed by atoms with Crippen molar-refractivity contribution in [1.82, 2.24) is 10.3 Å². The number of amides is 1. The maximum Gasteiger partial charge on any atom is 0.231 e. The minimum atomic E-state index is -0.322. The zero-order valence-corrected chi connectivity index (χ0v) is 11.6. The molecule has 0 radical (unpaired) electrons. The fraction of sp³-hybridized carbons (Fsp3) is 0.357. The molecule has 18 heavy (non-hydrogen) atoms. The second-order valence-corrected chi connectivity index (χ2v) is 3.51. The lowest BCUT2D eigenvalue weighted by Crippen LogP contribution is -2.25. The van der Waals surface area contributed by atoms with Gasteiger partial charge in [-0.25, -0.2) is 0 Å². The van der Waals surface area contributed by atoms with E-state index in [1.54, 1.807) is 7.05 Å². The largest absolute Gasteiger partial charge is 0.369 e. The molecule has 2 aromatic rings. The van der Waals surface area contributed by atoms with Gasteiger partial charge in [-0.15, -0.1) is 0 Å². The standard InChI is InChI=1S/C9H9N.C3H8N2O.C2H6/c1-7-6-10-9-5-3-2-4-8(7)9;1-5-2-3(4)6;1-2/h2-6,10H,1H3;5H,2H2,1H3,(H2,4,6);1-2H3. The second kappa shape index (κ2) is 9.24. The number of H-pyrrole nitrogens is 1. The number of nitrogens with two attached hydrogens (primary N) is 1. The lowest BCUT2D eigenvalue weighted by atomic mass is 10.2. The Morgan fingerprint density at radius 1 is 1.33 bits per heavy atom. The smallest absolute Gasteiger partial charge is 0.231 e. The van der Waals surface area contributed by atoms with Crippen molar-refractivity contribution in [2.45, 2.75) is 20.8 Å². The quantitative estimate of drug-likeness (QED) is 0.763. The molecule has 2 rings (SSSR count). The highest BCUT2D eigenvalue weighted by Crippen LogP contribution is 2.15. The van der Waals surface area contributed by atoms with Crippen LogP contribution in [0, 0.1) is 6.92 Å². The van der Waals surface area contributed by atoms with Crippen LogP contribution in [0.3, 0.4) is 0 Å². The number of likely N-dealkylation sites (N-methyl/N-ethyl adjacent to an activating group) is 1. The summed E-state index contributed by atoms with van der Waals surface area (Å²) < 4.78 is 0. The third kappa shape index (κ3) is 5.50. The summed E-state index contributed by atoms with van der Waals surface area (Å²) in [7, 11) is 1.67. The van der Waals surface area contributed by atoms with Crippen LogP contribution >= 0.6 is 0 Å². The zero-order chi connectivity index (χ0) is 14.0. The molecule has 1 aromatic heterocycles. The van der Waals surface area contributed by atoms with Crippen LogP contribution in [-0.2, 0) is 4.79 Å². The number of rotatable bonds is 2. The summed E-state index contributed by atoms with van der Waals surface area (Å²) in [4.78, 5) is 12.9. The molecule has 0 saturated carbocycles. The third-order valence-corrected chi connectivity index (χ3v) is 2.15. The Hall–Kier alpha value is -1.81. The Labute approximate surface area is 109 Å². The molecule has 0 aliphatic heterocycles. The lowest BCUT2D eigenvalue weighted by molar-refractivity contribution is -0.117. The molecular weight excluding hydrogens is 226 g/mol. The van der Waals surface area contributed by atoms with E-state index < -0.39 is 0 Å². The van der Waals surface area contributed by atoms with Crippen LogP contribution in [0.2, 0.25) is 0 Å². The Bertz CT molecular complexity index is 463. The predicted octanol–water partition coefficient (Wildman–Crippen LogP) is 2.19. The SMILES string of the molecule is CC.CNCC(N)=O.Cc1c[nH]c2ccccc12. The van der Waals surface area contributed by atoms with E-state index in [0.717, 1.165) is 0 Å². The van der Waals surface area contributed by atoms with E-state index in [9.17, 15) is 4.79 Å². The van der Waals surface area contributed by atoms with Crippen LogP contribution in [0.15, 0.2) is 30.5 Å². The van der Waals surface area contributed by atoms with Crippen molar-refractivity contribution >= 4 is 16.8 Å². The van der Waals surface area contributed by atoms with Crippen LogP contribution < -0.4 is 11.1 Å². The molecule has 0 unspecified atom stereocenters. The maximum absolute atomic E-state index is 9.76. The first-order valence-electron chi connectivity index (χ1n) is 6.10. The maximum atomic E-state index is 9.76. The predicted molar refractivity (Wildman–Crippen MR) is 77.5 cm³/mol. The van der Waals surface area contributed by atoms with E-state index in [1.165, 1.54) is 16.5 Å². The average Bonchev–Trinajstić information content (AvgIpc) is 2.75. The zero-order valence-electron chi connectivity index (χ0n) is 11.6. The Kier molecular flexibility index (Phi) is 8.31. The molecule has 1 amide bonds. The fourth-order valence-electron chi connectivity index (χ4n) is 1.39. The van der Waals surface area contributed by atoms with Gasteiger partial charge in [0.25, 0.3) is 0 Å². The van der Waals surface area contributed by atoms with Crippen molar-refractivity contribution in [3.8, 4) is 0 Å². The van der Waals surface area contributed by atoms with Crippen LogP contribution in [0.1, 0.15) is 19.4 Å². The molecule has 0 aliphatic carbocycles. The van der Waals surface area contributed by atoms with Gasteiger partial charge in [-0.2, -0.15) is 0 Å². The first kappa shape index (κ1) is 16.2. The van der Waals surface area contributed by atoms with Gasteiger partial charge in [-0.05, 0) is 25.6 Å². The van der Waals surface area contributed by atoms with E-state index in [2.05, 4.69) is 35.4 Å². The van der Waals surface area contributed by atoms with Crippen LogP contribution in [0.4, 0.5) is 0 Å². The average molecular weight is 249 g/mol. The number of primary amides is 1. The number of nitrogens with one attached hydrogen (secondary N) is 2. The van der Waals surface area contributed by atoms with Crippen molar-refractivity contribution in [2.75, 3.05) is 13.6 Å². The van der Waals surface area contributed by atoms with E-state index in [1.807, 2.05) is 26.1 Å². The number of aryl methyl sites for hydroxylation is 1. The van der Waals surface area contributed by atoms with Gasteiger partial charge in [0.1, 0.15) is 0 Å². The van der Waals surface area contributed by atoms with Crippen molar-refractivity contribution in [1.29, 1.82) is 0 Å². The number of fused-ring (bicyclic) bond motifs is 1. The molecule has 100 valence electrons. The summed E-state index contributed by atoms with van der Waals surface area (Å²) in [5.41, 5.74) is 7.24. The number of aromatic amines is 1. The molecule has 0 saturated heterocycles. The number of carbonyl (C=O) groups is 1. The minimum absolute atomic E-state index is 0.264. The summed E-state index contributed by atoms with van der Waals surface area (Å²) in [5.74, 6) is -0.322. The first-order chi connectivity index (χ1) is 8.65. The first-order valence-corrected chi connectivity index (χ1v) is 6.10.